The van der Waals surface area contributed by atoms with Gasteiger partial charge in [-0.3, -0.25) is 10.1 Å². The molecule has 0 aliphatic carbocycles. The van der Waals surface area contributed by atoms with Crippen LogP contribution in [0.5, 0.6) is 0 Å². The van der Waals surface area contributed by atoms with E-state index in [2.05, 4.69) is 21.8 Å². The fourth-order valence-electron chi connectivity index (χ4n) is 2.04. The number of hydrogen-bond acceptors (Lipinski definition) is 4. The summed E-state index contributed by atoms with van der Waals surface area (Å²) in [6.07, 6.45) is 4.66. The van der Waals surface area contributed by atoms with Crippen LogP contribution in [-0.4, -0.2) is 14.5 Å². The van der Waals surface area contributed by atoms with Gasteiger partial charge in [-0.2, -0.15) is 0 Å². The van der Waals surface area contributed by atoms with Crippen molar-refractivity contribution in [3.63, 3.8) is 0 Å². The smallest absolute Gasteiger partial charge is 0.271 e. The van der Waals surface area contributed by atoms with Crippen molar-refractivity contribution in [2.24, 2.45) is 0 Å². The van der Waals surface area contributed by atoms with Gasteiger partial charge < -0.3 is 9.88 Å². The Morgan fingerprint density at radius 1 is 1.45 bits per heavy atom. The first kappa shape index (κ1) is 14.0. The molecule has 0 atom stereocenters. The van der Waals surface area contributed by atoms with E-state index in [0.717, 1.165) is 29.9 Å². The Hall–Kier alpha value is -2.37. The maximum atomic E-state index is 10.8. The highest BCUT2D eigenvalue weighted by Crippen LogP contribution is 2.22. The van der Waals surface area contributed by atoms with Crippen LogP contribution >= 0.6 is 0 Å². The molecule has 6 heteroatoms. The Morgan fingerprint density at radius 2 is 2.25 bits per heavy atom. The van der Waals surface area contributed by atoms with Gasteiger partial charge in [-0.05, 0) is 18.9 Å². The van der Waals surface area contributed by atoms with Gasteiger partial charge in [-0.1, -0.05) is 13.0 Å². The molecule has 6 nitrogen and oxygen atoms in total. The summed E-state index contributed by atoms with van der Waals surface area (Å²) in [5, 5.41) is 14.0. The zero-order chi connectivity index (χ0) is 14.5. The number of non-ortho nitro benzene ring substituents is 1. The number of nitro groups is 1. The van der Waals surface area contributed by atoms with Crippen molar-refractivity contribution >= 4 is 11.4 Å². The monoisotopic (exact) mass is 274 g/mol. The molecule has 1 aromatic carbocycles. The number of hydrogen-bond donors (Lipinski definition) is 1. The van der Waals surface area contributed by atoms with Gasteiger partial charge in [0.2, 0.25) is 0 Å². The Bertz CT molecular complexity index is 607. The lowest BCUT2D eigenvalue weighted by Crippen LogP contribution is -2.07. The molecule has 0 saturated carbocycles. The van der Waals surface area contributed by atoms with Crippen molar-refractivity contribution in [3.8, 4) is 0 Å². The van der Waals surface area contributed by atoms with Crippen LogP contribution in [0.4, 0.5) is 11.4 Å². The molecule has 0 amide bonds. The van der Waals surface area contributed by atoms with E-state index in [1.807, 2.05) is 13.1 Å². The van der Waals surface area contributed by atoms with E-state index in [1.165, 1.54) is 6.07 Å². The lowest BCUT2D eigenvalue weighted by Gasteiger charge is -2.11. The Morgan fingerprint density at radius 3 is 2.95 bits per heavy atom. The van der Waals surface area contributed by atoms with E-state index in [1.54, 1.807) is 18.5 Å². The fraction of sp³-hybridized carbons (Fsp3) is 0.357. The quantitative estimate of drug-likeness (QED) is 0.648. The molecule has 1 aromatic heterocycles. The number of nitrogens with zero attached hydrogens (tertiary/aromatic N) is 3. The largest absolute Gasteiger partial charge is 0.379 e. The van der Waals surface area contributed by atoms with E-state index >= 15 is 0 Å². The predicted octanol–water partition coefficient (Wildman–Crippen LogP) is 3.12. The van der Waals surface area contributed by atoms with Gasteiger partial charge in [0.1, 0.15) is 0 Å². The highest BCUT2D eigenvalue weighted by atomic mass is 16.6. The second kappa shape index (κ2) is 6.18. The fourth-order valence-corrected chi connectivity index (χ4v) is 2.04. The molecule has 2 rings (SSSR count). The van der Waals surface area contributed by atoms with Crippen LogP contribution in [0.15, 0.2) is 30.7 Å². The molecular weight excluding hydrogens is 256 g/mol. The summed E-state index contributed by atoms with van der Waals surface area (Å²) in [5.41, 5.74) is 2.93. The van der Waals surface area contributed by atoms with Crippen LogP contribution < -0.4 is 5.32 Å². The van der Waals surface area contributed by atoms with Gasteiger partial charge in [0, 0.05) is 30.6 Å². The lowest BCUT2D eigenvalue weighted by molar-refractivity contribution is -0.384. The third-order valence-electron chi connectivity index (χ3n) is 3.15. The van der Waals surface area contributed by atoms with Crippen LogP contribution in [-0.2, 0) is 13.1 Å². The number of aromatic nitrogens is 2. The molecule has 1 N–H and O–H groups in total. The van der Waals surface area contributed by atoms with E-state index in [4.69, 9.17) is 0 Å². The second-order valence-corrected chi connectivity index (χ2v) is 4.69. The first-order valence-corrected chi connectivity index (χ1v) is 6.59. The van der Waals surface area contributed by atoms with Crippen molar-refractivity contribution in [3.05, 3.63) is 52.1 Å². The number of anilines is 1. The summed E-state index contributed by atoms with van der Waals surface area (Å²) in [7, 11) is 0. The molecule has 106 valence electrons. The Kier molecular flexibility index (Phi) is 4.34. The summed E-state index contributed by atoms with van der Waals surface area (Å²) < 4.78 is 2.08. The highest BCUT2D eigenvalue weighted by molar-refractivity contribution is 5.56. The summed E-state index contributed by atoms with van der Waals surface area (Å²) in [4.78, 5) is 14.6. The third kappa shape index (κ3) is 3.14. The van der Waals surface area contributed by atoms with E-state index < -0.39 is 0 Å². The van der Waals surface area contributed by atoms with E-state index in [0.29, 0.717) is 6.54 Å². The van der Waals surface area contributed by atoms with Crippen molar-refractivity contribution in [2.75, 3.05) is 5.32 Å². The minimum absolute atomic E-state index is 0.0974. The standard InChI is InChI=1S/C14H18N4O2/c1-3-6-17-10-15-8-13(17)9-16-14-7-12(18(19)20)5-4-11(14)2/h4-5,7-8,10,16H,3,6,9H2,1-2H3. The Labute approximate surface area is 117 Å². The van der Waals surface area contributed by atoms with Crippen molar-refractivity contribution in [1.29, 1.82) is 0 Å². The molecule has 20 heavy (non-hydrogen) atoms. The predicted molar refractivity (Wildman–Crippen MR) is 77.7 cm³/mol. The average Bonchev–Trinajstić information content (AvgIpc) is 2.85. The molecule has 0 unspecified atom stereocenters. The molecule has 0 aliphatic rings. The number of benzene rings is 1. The minimum Gasteiger partial charge on any atom is -0.379 e. The summed E-state index contributed by atoms with van der Waals surface area (Å²) in [6, 6.07) is 4.83. The highest BCUT2D eigenvalue weighted by Gasteiger charge is 2.09. The second-order valence-electron chi connectivity index (χ2n) is 4.69. The van der Waals surface area contributed by atoms with Crippen LogP contribution in [0, 0.1) is 17.0 Å². The van der Waals surface area contributed by atoms with Gasteiger partial charge in [0.15, 0.2) is 0 Å². The first-order chi connectivity index (χ1) is 9.61. The average molecular weight is 274 g/mol. The SMILES string of the molecule is CCCn1cncc1CNc1cc([N+](=O)[O-])ccc1C. The van der Waals surface area contributed by atoms with Crippen LogP contribution in [0.1, 0.15) is 24.6 Å². The molecule has 1 heterocycles. The van der Waals surface area contributed by atoms with Crippen LogP contribution in [0.3, 0.4) is 0 Å². The Balaban J connectivity index is 2.12. The lowest BCUT2D eigenvalue weighted by atomic mass is 10.2. The topological polar surface area (TPSA) is 73.0 Å². The summed E-state index contributed by atoms with van der Waals surface area (Å²) in [5.74, 6) is 0. The maximum Gasteiger partial charge on any atom is 0.271 e. The molecular formula is C14H18N4O2. The van der Waals surface area contributed by atoms with Crippen molar-refractivity contribution < 1.29 is 4.92 Å². The zero-order valence-corrected chi connectivity index (χ0v) is 11.7. The van der Waals surface area contributed by atoms with Crippen LogP contribution in [0.25, 0.3) is 0 Å². The first-order valence-electron chi connectivity index (χ1n) is 6.59. The van der Waals surface area contributed by atoms with E-state index in [9.17, 15) is 10.1 Å². The third-order valence-corrected chi connectivity index (χ3v) is 3.15. The number of aryl methyl sites for hydroxylation is 2. The van der Waals surface area contributed by atoms with Crippen molar-refractivity contribution in [1.82, 2.24) is 9.55 Å². The maximum absolute atomic E-state index is 10.8. The van der Waals surface area contributed by atoms with Gasteiger partial charge in [-0.15, -0.1) is 0 Å². The summed E-state index contributed by atoms with van der Waals surface area (Å²) in [6.45, 7) is 5.56. The van der Waals surface area contributed by atoms with Crippen molar-refractivity contribution in [2.45, 2.75) is 33.4 Å². The van der Waals surface area contributed by atoms with Gasteiger partial charge >= 0.3 is 0 Å². The minimum atomic E-state index is -0.383. The van der Waals surface area contributed by atoms with Crippen LogP contribution in [0.2, 0.25) is 0 Å². The summed E-state index contributed by atoms with van der Waals surface area (Å²) >= 11 is 0. The molecule has 0 radical (unpaired) electrons. The number of nitro benzene ring substituents is 1. The molecule has 0 aliphatic heterocycles. The van der Waals surface area contributed by atoms with Gasteiger partial charge in [0.25, 0.3) is 5.69 Å². The molecule has 0 spiro atoms. The normalized spacial score (nSPS) is 10.5. The van der Waals surface area contributed by atoms with E-state index in [-0.39, 0.29) is 10.6 Å². The molecule has 0 saturated heterocycles. The number of rotatable bonds is 6. The molecule has 0 bridgehead atoms. The molecule has 2 aromatic rings. The number of nitrogens with one attached hydrogen (secondary N) is 1. The number of imidazole rings is 1. The van der Waals surface area contributed by atoms with Gasteiger partial charge in [-0.25, -0.2) is 4.98 Å². The molecule has 0 fully saturated rings. The van der Waals surface area contributed by atoms with Gasteiger partial charge in [0.05, 0.1) is 23.5 Å². The zero-order valence-electron chi connectivity index (χ0n) is 11.7.